The van der Waals surface area contributed by atoms with Crippen LogP contribution in [-0.2, 0) is 33.3 Å². The van der Waals surface area contributed by atoms with Gasteiger partial charge in [0.2, 0.25) is 0 Å². The number of nitrogens with zero attached hydrogens (tertiary/aromatic N) is 2. The van der Waals surface area contributed by atoms with E-state index in [1.165, 1.54) is 180 Å². The Bertz CT molecular complexity index is 1510. The highest BCUT2D eigenvalue weighted by atomic mass is 16.6. The van der Waals surface area contributed by atoms with Gasteiger partial charge in [0, 0.05) is 36.5 Å². The molecule has 0 saturated carbocycles. The van der Waals surface area contributed by atoms with Crippen molar-refractivity contribution in [3.8, 4) is 0 Å². The Kier molecular flexibility index (Phi) is 31.0. The lowest BCUT2D eigenvalue weighted by Crippen LogP contribution is -2.69. The molecule has 5 rings (SSSR count). The minimum absolute atomic E-state index is 0.0481. The molecule has 5 aliphatic heterocycles. The van der Waals surface area contributed by atoms with Gasteiger partial charge in [0.25, 0.3) is 0 Å². The summed E-state index contributed by atoms with van der Waals surface area (Å²) in [6.07, 6.45) is 44.0. The molecule has 10 nitrogen and oxygen atoms in total. The second-order valence-electron chi connectivity index (χ2n) is 25.0. The first-order valence-corrected chi connectivity index (χ1v) is 33.0. The standard InChI is InChI=1S/C65H118N2O8/c1-7-13-17-21-25-29-33-39-53(40-34-30-26-22-18-14-8-2)47-58(68)72-49-55-56(50-73-59(69)48-54(41-35-31-27-23-19-15-9-3)42-36-32-28-24-20-16-10-4)65-52-67(63(70)71-46-38-37-45-66(11-5)12-6)51-64-44-43-57(74-64)60(62(64)65)61(55)75-65/h53-57,60-62H,7-52H2,1-6H3. The molecule has 2 spiro atoms. The van der Waals surface area contributed by atoms with Crippen molar-refractivity contribution in [1.29, 1.82) is 0 Å². The zero-order chi connectivity index (χ0) is 53.6. The van der Waals surface area contributed by atoms with E-state index in [-0.39, 0.29) is 67.1 Å². The summed E-state index contributed by atoms with van der Waals surface area (Å²) in [4.78, 5) is 46.9. The van der Waals surface area contributed by atoms with Crippen LogP contribution in [0.1, 0.15) is 286 Å². The van der Waals surface area contributed by atoms with Crippen molar-refractivity contribution in [1.82, 2.24) is 9.80 Å². The van der Waals surface area contributed by atoms with Crippen LogP contribution < -0.4 is 0 Å². The van der Waals surface area contributed by atoms with Gasteiger partial charge in [-0.05, 0) is 82.8 Å². The van der Waals surface area contributed by atoms with Gasteiger partial charge in [-0.2, -0.15) is 0 Å². The average Bonchev–Trinajstić information content (AvgIpc) is 4.22. The fraction of sp³-hybridized carbons (Fsp3) is 0.954. The molecule has 5 fully saturated rings. The molecule has 4 bridgehead atoms. The summed E-state index contributed by atoms with van der Waals surface area (Å²) in [7, 11) is 0. The first kappa shape index (κ1) is 63.9. The molecule has 0 radical (unpaired) electrons. The zero-order valence-corrected chi connectivity index (χ0v) is 49.8. The van der Waals surface area contributed by atoms with Gasteiger partial charge in [-0.3, -0.25) is 9.59 Å². The minimum Gasteiger partial charge on any atom is -0.465 e. The normalized spacial score (nSPS) is 25.3. The quantitative estimate of drug-likeness (QED) is 0.0335. The van der Waals surface area contributed by atoms with Crippen LogP contribution in [0.4, 0.5) is 4.79 Å². The molecule has 5 aliphatic rings. The third kappa shape index (κ3) is 20.3. The summed E-state index contributed by atoms with van der Waals surface area (Å²) in [5.74, 6) is 0.319. The van der Waals surface area contributed by atoms with Gasteiger partial charge in [0.15, 0.2) is 0 Å². The predicted molar refractivity (Wildman–Crippen MR) is 307 cm³/mol. The van der Waals surface area contributed by atoms with E-state index in [2.05, 4.69) is 46.4 Å². The van der Waals surface area contributed by atoms with Gasteiger partial charge in [-0.25, -0.2) is 4.79 Å². The molecule has 0 aromatic rings. The van der Waals surface area contributed by atoms with Gasteiger partial charge in [0.1, 0.15) is 0 Å². The fourth-order valence-electron chi connectivity index (χ4n) is 14.9. The molecule has 436 valence electrons. The zero-order valence-electron chi connectivity index (χ0n) is 49.8. The first-order chi connectivity index (χ1) is 36.7. The van der Waals surface area contributed by atoms with Crippen molar-refractivity contribution in [2.75, 3.05) is 52.5 Å². The van der Waals surface area contributed by atoms with Gasteiger partial charge < -0.3 is 33.5 Å². The van der Waals surface area contributed by atoms with Crippen molar-refractivity contribution in [3.05, 3.63) is 0 Å². The molecule has 1 amide bonds. The van der Waals surface area contributed by atoms with Crippen LogP contribution in [0, 0.1) is 35.5 Å². The van der Waals surface area contributed by atoms with Gasteiger partial charge in [-0.1, -0.05) is 221 Å². The topological polar surface area (TPSA) is 104 Å². The van der Waals surface area contributed by atoms with Crippen molar-refractivity contribution < 1.29 is 38.1 Å². The minimum atomic E-state index is -0.770. The predicted octanol–water partition coefficient (Wildman–Crippen LogP) is 16.8. The number of likely N-dealkylation sites (tertiary alicyclic amines) is 1. The second kappa shape index (κ2) is 36.4. The molecule has 0 aliphatic carbocycles. The number of fused-ring (bicyclic) bond motifs is 4. The SMILES string of the molecule is CCCCCCCCCC(CCCCCCCCC)CC(=O)OCC1C2OC3(CN(C(=O)OCCCCN(CC)CC)CC45CCC(O4)C2C53)C1COC(=O)CC(CCCCCCCCC)CCCCCCCCC. The van der Waals surface area contributed by atoms with Crippen LogP contribution in [0.15, 0.2) is 0 Å². The third-order valence-corrected chi connectivity index (χ3v) is 19.2. The summed E-state index contributed by atoms with van der Waals surface area (Å²) in [5, 5.41) is 0. The number of unbranched alkanes of at least 4 members (excludes halogenated alkanes) is 25. The number of hydrogen-bond donors (Lipinski definition) is 0. The molecule has 0 aromatic carbocycles. The maximum absolute atomic E-state index is 14.3. The molecule has 5 saturated heterocycles. The fourth-order valence-corrected chi connectivity index (χ4v) is 14.9. The van der Waals surface area contributed by atoms with Crippen molar-refractivity contribution >= 4 is 18.0 Å². The average molecular weight is 1060 g/mol. The van der Waals surface area contributed by atoms with Crippen LogP contribution in [-0.4, -0.2) is 104 Å². The first-order valence-electron chi connectivity index (χ1n) is 33.0. The van der Waals surface area contributed by atoms with Crippen LogP contribution in [0.25, 0.3) is 0 Å². The number of carbonyl (C=O) groups is 3. The highest BCUT2D eigenvalue weighted by Crippen LogP contribution is 2.70. The van der Waals surface area contributed by atoms with E-state index in [0.717, 1.165) is 71.0 Å². The van der Waals surface area contributed by atoms with Crippen molar-refractivity contribution in [2.24, 2.45) is 35.5 Å². The Balaban J connectivity index is 1.28. The number of hydrogen-bond acceptors (Lipinski definition) is 9. The Morgan fingerprint density at radius 3 is 1.45 bits per heavy atom. The van der Waals surface area contributed by atoms with E-state index in [9.17, 15) is 14.4 Å². The summed E-state index contributed by atoms with van der Waals surface area (Å²) < 4.78 is 33.5. The summed E-state index contributed by atoms with van der Waals surface area (Å²) in [6.45, 7) is 18.2. The van der Waals surface area contributed by atoms with Crippen LogP contribution >= 0.6 is 0 Å². The Labute approximate surface area is 461 Å². The van der Waals surface area contributed by atoms with Crippen molar-refractivity contribution in [2.45, 2.75) is 309 Å². The van der Waals surface area contributed by atoms with E-state index in [4.69, 9.17) is 23.7 Å². The summed E-state index contributed by atoms with van der Waals surface area (Å²) in [6, 6.07) is 0. The third-order valence-electron chi connectivity index (χ3n) is 19.2. The lowest BCUT2D eigenvalue weighted by atomic mass is 9.53. The van der Waals surface area contributed by atoms with Crippen LogP contribution in [0.3, 0.4) is 0 Å². The lowest BCUT2D eigenvalue weighted by molar-refractivity contribution is -0.171. The van der Waals surface area contributed by atoms with E-state index in [1.54, 1.807) is 0 Å². The largest absolute Gasteiger partial charge is 0.465 e. The van der Waals surface area contributed by atoms with Gasteiger partial charge >= 0.3 is 18.0 Å². The molecule has 75 heavy (non-hydrogen) atoms. The van der Waals surface area contributed by atoms with E-state index < -0.39 is 11.2 Å². The van der Waals surface area contributed by atoms with Gasteiger partial charge in [-0.15, -0.1) is 0 Å². The Hall–Kier alpha value is -1.91. The highest BCUT2D eigenvalue weighted by Gasteiger charge is 2.81. The molecule has 0 aromatic heterocycles. The number of amides is 1. The summed E-state index contributed by atoms with van der Waals surface area (Å²) >= 11 is 0. The van der Waals surface area contributed by atoms with Crippen LogP contribution in [0.2, 0.25) is 0 Å². The Morgan fingerprint density at radius 1 is 0.533 bits per heavy atom. The van der Waals surface area contributed by atoms with Gasteiger partial charge in [0.05, 0.1) is 56.3 Å². The van der Waals surface area contributed by atoms with E-state index in [0.29, 0.717) is 44.4 Å². The highest BCUT2D eigenvalue weighted by molar-refractivity contribution is 5.70. The molecular weight excluding hydrogens is 937 g/mol. The molecule has 10 heteroatoms. The molecular formula is C65H118N2O8. The molecule has 0 N–H and O–H groups in total. The van der Waals surface area contributed by atoms with E-state index in [1.807, 2.05) is 4.90 Å². The van der Waals surface area contributed by atoms with E-state index >= 15 is 0 Å². The molecule has 5 heterocycles. The van der Waals surface area contributed by atoms with Crippen LogP contribution in [0.5, 0.6) is 0 Å². The monoisotopic (exact) mass is 1050 g/mol. The summed E-state index contributed by atoms with van der Waals surface area (Å²) in [5.41, 5.74) is -1.28. The number of piperidine rings is 1. The maximum atomic E-state index is 14.3. The number of ether oxygens (including phenoxy) is 5. The number of rotatable bonds is 47. The maximum Gasteiger partial charge on any atom is 0.409 e. The molecule has 8 atom stereocenters. The second-order valence-corrected chi connectivity index (χ2v) is 25.0. The van der Waals surface area contributed by atoms with Crippen molar-refractivity contribution in [3.63, 3.8) is 0 Å². The smallest absolute Gasteiger partial charge is 0.409 e. The lowest BCUT2D eigenvalue weighted by Gasteiger charge is -2.54. The number of carbonyl (C=O) groups excluding carboxylic acids is 3. The molecule has 8 unspecified atom stereocenters. The Morgan fingerprint density at radius 2 is 0.987 bits per heavy atom. The number of esters is 2.